The molecule has 0 bridgehead atoms. The number of nitrogens with zero attached hydrogens (tertiary/aromatic N) is 1. The molecular formula is C76H72FNSi. The monoisotopic (exact) mass is 1050 g/mol. The van der Waals surface area contributed by atoms with Crippen LogP contribution in [0.1, 0.15) is 47.2 Å². The summed E-state index contributed by atoms with van der Waals surface area (Å²) in [4.78, 5) is 0. The van der Waals surface area contributed by atoms with Gasteiger partial charge < -0.3 is 4.57 Å². The van der Waals surface area contributed by atoms with Crippen LogP contribution in [0.5, 0.6) is 0 Å². The number of aromatic nitrogens is 1. The first kappa shape index (κ1) is 55.1. The molecule has 1 aliphatic rings. The molecule has 11 aromatic carbocycles. The summed E-state index contributed by atoms with van der Waals surface area (Å²) < 4.78 is 16.5. The summed E-state index contributed by atoms with van der Waals surface area (Å²) in [6, 6.07) is 94.6. The van der Waals surface area contributed by atoms with E-state index in [0.717, 1.165) is 22.3 Å². The van der Waals surface area contributed by atoms with Crippen LogP contribution in [0.25, 0.3) is 72.0 Å². The molecule has 1 heterocycles. The Bertz CT molecular complexity index is 3870. The van der Waals surface area contributed by atoms with Gasteiger partial charge in [-0.3, -0.25) is 0 Å². The predicted octanol–water partition coefficient (Wildman–Crippen LogP) is 20.8. The van der Waals surface area contributed by atoms with Crippen molar-refractivity contribution in [2.45, 2.75) is 66.6 Å². The van der Waals surface area contributed by atoms with Gasteiger partial charge in [-0.25, -0.2) is 4.39 Å². The van der Waals surface area contributed by atoms with Crippen molar-refractivity contribution in [1.29, 1.82) is 0 Å². The highest BCUT2D eigenvalue weighted by Crippen LogP contribution is 2.48. The van der Waals surface area contributed by atoms with Gasteiger partial charge >= 0.3 is 0 Å². The molecule has 1 aromatic heterocycles. The number of rotatable bonds is 5. The van der Waals surface area contributed by atoms with Gasteiger partial charge in [0, 0.05) is 21.9 Å². The number of hydrogen-bond acceptors (Lipinski definition) is 0. The van der Waals surface area contributed by atoms with E-state index in [9.17, 15) is 4.39 Å². The molecule has 0 saturated heterocycles. The summed E-state index contributed by atoms with van der Waals surface area (Å²) in [5.74, 6) is -0.162. The van der Waals surface area contributed by atoms with Crippen LogP contribution < -0.4 is 5.19 Å². The van der Waals surface area contributed by atoms with Crippen molar-refractivity contribution in [3.8, 4) is 50.2 Å². The molecule has 13 rings (SSSR count). The molecule has 3 heteroatoms. The molecule has 1 nitrogen and oxygen atoms in total. The quantitative estimate of drug-likeness (QED) is 0.151. The minimum Gasteiger partial charge on any atom is -0.309 e. The molecule has 12 aromatic rings. The van der Waals surface area contributed by atoms with Gasteiger partial charge in [-0.1, -0.05) is 286 Å². The summed E-state index contributed by atoms with van der Waals surface area (Å²) in [6.45, 7) is 20.0. The molecule has 1 aliphatic carbocycles. The van der Waals surface area contributed by atoms with E-state index in [4.69, 9.17) is 0 Å². The first-order valence-electron chi connectivity index (χ1n) is 27.5. The standard InChI is InChI=1S/C19H15F.C18H13N.C16H16.C13H12.C10H16Si/c1-14-18(16-10-6-3-7-11-16)12-17(13-19(14)20)15-8-4-2-5-9-15;1-2-8-14(9-3-1)19-17-12-6-4-10-15(17)16-11-5-7-13-18(16)19;1-11-8-9-13-12-6-4-5-7-14(12)16(2,3)15(13)10-11;1-11-7-5-6-10-13(11)12-8-3-2-4-9-12;1-9-5-7-10(8-6-9)11(2,3)4/h2-13H,1H3;1-13H;4-10H,1-3H3;2-10H,1H3;5-8H,1-4H3. The van der Waals surface area contributed by atoms with Crippen LogP contribution in [-0.2, 0) is 5.41 Å². The second kappa shape index (κ2) is 24.8. The number of benzene rings is 11. The van der Waals surface area contributed by atoms with E-state index in [0.29, 0.717) is 5.56 Å². The van der Waals surface area contributed by atoms with E-state index in [1.54, 1.807) is 11.3 Å². The molecule has 0 saturated carbocycles. The van der Waals surface area contributed by atoms with E-state index < -0.39 is 8.07 Å². The highest BCUT2D eigenvalue weighted by molar-refractivity contribution is 6.88. The van der Waals surface area contributed by atoms with Gasteiger partial charge in [-0.05, 0) is 131 Å². The number of para-hydroxylation sites is 3. The van der Waals surface area contributed by atoms with Crippen molar-refractivity contribution in [2.75, 3.05) is 0 Å². The van der Waals surface area contributed by atoms with Crippen LogP contribution in [0.2, 0.25) is 19.6 Å². The van der Waals surface area contributed by atoms with E-state index in [2.05, 4.69) is 259 Å². The lowest BCUT2D eigenvalue weighted by molar-refractivity contribution is 0.619. The first-order valence-corrected chi connectivity index (χ1v) is 31.0. The topological polar surface area (TPSA) is 4.93 Å². The molecular weight excluding hydrogens is 974 g/mol. The van der Waals surface area contributed by atoms with Gasteiger partial charge in [0.25, 0.3) is 0 Å². The molecule has 0 amide bonds. The summed E-state index contributed by atoms with van der Waals surface area (Å²) >= 11 is 0. The van der Waals surface area contributed by atoms with E-state index in [-0.39, 0.29) is 11.2 Å². The maximum atomic E-state index is 14.2. The molecule has 0 spiro atoms. The lowest BCUT2D eigenvalue weighted by Crippen LogP contribution is -2.37. The SMILES string of the molecule is Cc1c(F)cc(-c2ccccc2)cc1-c1ccccc1.Cc1ccc([Si](C)(C)C)cc1.Cc1ccc2c(c1)C(C)(C)c1ccccc1-2.Cc1ccccc1-c1ccccc1.c1ccc(-n2c3ccccc3c3ccccc32)cc1. The van der Waals surface area contributed by atoms with Crippen LogP contribution in [0.15, 0.2) is 273 Å². The summed E-state index contributed by atoms with van der Waals surface area (Å²) in [6.07, 6.45) is 0. The van der Waals surface area contributed by atoms with E-state index >= 15 is 0 Å². The fourth-order valence-corrected chi connectivity index (χ4v) is 11.7. The fraction of sp³-hybridized carbons (Fsp3) is 0.132. The molecule has 0 radical (unpaired) electrons. The third-order valence-electron chi connectivity index (χ3n) is 15.0. The van der Waals surface area contributed by atoms with Crippen molar-refractivity contribution in [1.82, 2.24) is 4.57 Å². The zero-order chi connectivity index (χ0) is 55.5. The third kappa shape index (κ3) is 12.9. The second-order valence-corrected chi connectivity index (χ2v) is 27.2. The minimum atomic E-state index is -1.06. The van der Waals surface area contributed by atoms with Crippen molar-refractivity contribution in [2.24, 2.45) is 0 Å². The Hall–Kier alpha value is -8.63. The van der Waals surface area contributed by atoms with Gasteiger partial charge in [-0.2, -0.15) is 0 Å². The molecule has 0 unspecified atom stereocenters. The molecule has 79 heavy (non-hydrogen) atoms. The Morgan fingerprint density at radius 1 is 0.354 bits per heavy atom. The predicted molar refractivity (Wildman–Crippen MR) is 342 cm³/mol. The number of halogens is 1. The summed E-state index contributed by atoms with van der Waals surface area (Å²) in [5, 5.41) is 4.16. The van der Waals surface area contributed by atoms with Crippen molar-refractivity contribution >= 4 is 35.1 Å². The Kier molecular flexibility index (Phi) is 17.3. The molecule has 0 fully saturated rings. The zero-order valence-corrected chi connectivity index (χ0v) is 48.3. The molecule has 0 atom stereocenters. The maximum absolute atomic E-state index is 14.2. The van der Waals surface area contributed by atoms with Gasteiger partial charge in [0.1, 0.15) is 5.82 Å². The van der Waals surface area contributed by atoms with Gasteiger partial charge in [-0.15, -0.1) is 0 Å². The lowest BCUT2D eigenvalue weighted by Gasteiger charge is -2.21. The van der Waals surface area contributed by atoms with Gasteiger partial charge in [0.05, 0.1) is 19.1 Å². The van der Waals surface area contributed by atoms with Crippen molar-refractivity contribution in [3.63, 3.8) is 0 Å². The third-order valence-corrected chi connectivity index (χ3v) is 17.1. The van der Waals surface area contributed by atoms with Crippen LogP contribution >= 0.6 is 0 Å². The largest absolute Gasteiger partial charge is 0.309 e. The average molecular weight is 1050 g/mol. The highest BCUT2D eigenvalue weighted by Gasteiger charge is 2.34. The Morgan fingerprint density at radius 2 is 0.797 bits per heavy atom. The van der Waals surface area contributed by atoms with Crippen LogP contribution in [-0.4, -0.2) is 12.6 Å². The minimum absolute atomic E-state index is 0.151. The van der Waals surface area contributed by atoms with E-state index in [1.807, 2.05) is 73.7 Å². The maximum Gasteiger partial charge on any atom is 0.127 e. The molecule has 0 aliphatic heterocycles. The van der Waals surface area contributed by atoms with Gasteiger partial charge in [0.15, 0.2) is 0 Å². The molecule has 0 N–H and O–H groups in total. The fourth-order valence-electron chi connectivity index (χ4n) is 10.6. The zero-order valence-electron chi connectivity index (χ0n) is 47.3. The summed E-state index contributed by atoms with van der Waals surface area (Å²) in [7, 11) is -1.06. The second-order valence-electron chi connectivity index (χ2n) is 22.1. The number of aryl methyl sites for hydroxylation is 3. The smallest absolute Gasteiger partial charge is 0.127 e. The Balaban J connectivity index is 0.000000122. The highest BCUT2D eigenvalue weighted by atomic mass is 28.3. The van der Waals surface area contributed by atoms with Crippen molar-refractivity contribution in [3.05, 3.63) is 312 Å². The van der Waals surface area contributed by atoms with E-state index in [1.165, 1.54) is 77.6 Å². The lowest BCUT2D eigenvalue weighted by atomic mass is 9.82. The van der Waals surface area contributed by atoms with Crippen LogP contribution in [0, 0.1) is 33.5 Å². The van der Waals surface area contributed by atoms with Crippen LogP contribution in [0.3, 0.4) is 0 Å². The Morgan fingerprint density at radius 3 is 1.35 bits per heavy atom. The normalized spacial score (nSPS) is 11.8. The van der Waals surface area contributed by atoms with Crippen molar-refractivity contribution < 1.29 is 4.39 Å². The number of hydrogen-bond donors (Lipinski definition) is 0. The number of fused-ring (bicyclic) bond motifs is 6. The van der Waals surface area contributed by atoms with Crippen LogP contribution in [0.4, 0.5) is 4.39 Å². The average Bonchev–Trinajstić information content (AvgIpc) is 4.17. The molecule has 392 valence electrons. The van der Waals surface area contributed by atoms with Gasteiger partial charge in [0.2, 0.25) is 0 Å². The first-order chi connectivity index (χ1) is 38.2. The summed E-state index contributed by atoms with van der Waals surface area (Å²) in [5.41, 5.74) is 20.9. The Labute approximate surface area is 470 Å².